The number of nitrogens with two attached hydrogens (primary N) is 1. The number of fused-ring (bicyclic) bond motifs is 1. The number of nitrogens with zero attached hydrogens (tertiary/aromatic N) is 2. The molecule has 2 rings (SSSR count). The summed E-state index contributed by atoms with van der Waals surface area (Å²) in [6, 6.07) is 5.74. The molecule has 2 aromatic rings. The van der Waals surface area contributed by atoms with Crippen LogP contribution in [0.4, 0.5) is 0 Å². The molecule has 0 aliphatic rings. The van der Waals surface area contributed by atoms with Crippen LogP contribution in [-0.4, -0.2) is 23.2 Å². The fourth-order valence-corrected chi connectivity index (χ4v) is 1.65. The molecule has 0 bridgehead atoms. The molecular weight excluding hydrogens is 206 g/mol. The van der Waals surface area contributed by atoms with Crippen molar-refractivity contribution in [1.82, 2.24) is 9.47 Å². The van der Waals surface area contributed by atoms with E-state index in [0.29, 0.717) is 12.3 Å². The van der Waals surface area contributed by atoms with Gasteiger partial charge in [-0.05, 0) is 24.7 Å². The summed E-state index contributed by atoms with van der Waals surface area (Å²) in [5.41, 5.74) is 8.02. The van der Waals surface area contributed by atoms with Crippen molar-refractivity contribution in [2.24, 2.45) is 12.8 Å². The van der Waals surface area contributed by atoms with E-state index < -0.39 is 0 Å². The minimum Gasteiger partial charge on any atom is -0.408 e. The molecule has 0 fully saturated rings. The van der Waals surface area contributed by atoms with Gasteiger partial charge in [0.05, 0.1) is 5.52 Å². The summed E-state index contributed by atoms with van der Waals surface area (Å²) in [6.07, 6.45) is 0. The number of aryl methyl sites for hydroxylation is 1. The van der Waals surface area contributed by atoms with Gasteiger partial charge in [-0.2, -0.15) is 0 Å². The smallest absolute Gasteiger partial charge is 0.408 e. The molecule has 0 aliphatic heterocycles. The Balaban J connectivity index is 2.41. The highest BCUT2D eigenvalue weighted by atomic mass is 16.4. The highest BCUT2D eigenvalue weighted by Crippen LogP contribution is 2.14. The zero-order chi connectivity index (χ0) is 11.7. The molecule has 0 spiro atoms. The van der Waals surface area contributed by atoms with Crippen LogP contribution in [0.15, 0.2) is 27.4 Å². The monoisotopic (exact) mass is 221 g/mol. The molecule has 0 saturated carbocycles. The van der Waals surface area contributed by atoms with E-state index in [4.69, 9.17) is 10.2 Å². The molecule has 5 nitrogen and oxygen atoms in total. The van der Waals surface area contributed by atoms with Gasteiger partial charge in [-0.1, -0.05) is 6.07 Å². The first-order chi connectivity index (χ1) is 7.61. The maximum absolute atomic E-state index is 11.3. The lowest BCUT2D eigenvalue weighted by molar-refractivity contribution is 0.337. The van der Waals surface area contributed by atoms with E-state index in [1.807, 2.05) is 30.1 Å². The van der Waals surface area contributed by atoms with Crippen molar-refractivity contribution in [3.05, 3.63) is 34.3 Å². The van der Waals surface area contributed by atoms with E-state index in [1.165, 1.54) is 4.57 Å². The van der Waals surface area contributed by atoms with Crippen LogP contribution in [0.2, 0.25) is 0 Å². The van der Waals surface area contributed by atoms with Crippen LogP contribution >= 0.6 is 0 Å². The topological polar surface area (TPSA) is 64.4 Å². The number of hydrogen-bond donors (Lipinski definition) is 1. The van der Waals surface area contributed by atoms with Gasteiger partial charge in [0.1, 0.15) is 0 Å². The fourth-order valence-electron chi connectivity index (χ4n) is 1.65. The van der Waals surface area contributed by atoms with Crippen molar-refractivity contribution < 1.29 is 4.42 Å². The minimum atomic E-state index is -0.334. The lowest BCUT2D eigenvalue weighted by Gasteiger charge is -2.13. The van der Waals surface area contributed by atoms with E-state index in [2.05, 4.69) is 0 Å². The van der Waals surface area contributed by atoms with Crippen molar-refractivity contribution in [1.29, 1.82) is 0 Å². The maximum atomic E-state index is 11.3. The minimum absolute atomic E-state index is 0.334. The number of aromatic nitrogens is 1. The first kappa shape index (κ1) is 10.9. The number of hydrogen-bond acceptors (Lipinski definition) is 4. The second-order valence-electron chi connectivity index (χ2n) is 3.93. The Hall–Kier alpha value is -1.59. The molecule has 1 aromatic carbocycles. The largest absolute Gasteiger partial charge is 0.419 e. The highest BCUT2D eigenvalue weighted by Gasteiger charge is 2.06. The third kappa shape index (κ3) is 1.87. The molecule has 16 heavy (non-hydrogen) atoms. The maximum Gasteiger partial charge on any atom is 0.419 e. The van der Waals surface area contributed by atoms with E-state index in [0.717, 1.165) is 17.6 Å². The van der Waals surface area contributed by atoms with Crippen LogP contribution in [0.25, 0.3) is 11.1 Å². The van der Waals surface area contributed by atoms with Crippen molar-refractivity contribution >= 4 is 11.1 Å². The van der Waals surface area contributed by atoms with Crippen molar-refractivity contribution in [2.75, 3.05) is 13.7 Å². The summed E-state index contributed by atoms with van der Waals surface area (Å²) in [5, 5.41) is 0. The molecular formula is C11H15N3O2. The Labute approximate surface area is 93.1 Å². The van der Waals surface area contributed by atoms with Gasteiger partial charge in [-0.15, -0.1) is 0 Å². The first-order valence-electron chi connectivity index (χ1n) is 5.09. The van der Waals surface area contributed by atoms with Gasteiger partial charge in [0.2, 0.25) is 0 Å². The zero-order valence-electron chi connectivity index (χ0n) is 9.43. The Bertz CT molecular complexity index is 556. The standard InChI is InChI=1S/C11H15N3O2/c1-13(7-12)6-8-3-4-9-10(5-8)16-11(15)14(9)2/h3-5H,6-7,12H2,1-2H3. The van der Waals surface area contributed by atoms with Gasteiger partial charge < -0.3 is 10.2 Å². The zero-order valence-corrected chi connectivity index (χ0v) is 9.43. The molecule has 0 aliphatic carbocycles. The Morgan fingerprint density at radius 1 is 1.50 bits per heavy atom. The first-order valence-corrected chi connectivity index (χ1v) is 5.09. The van der Waals surface area contributed by atoms with Gasteiger partial charge in [-0.3, -0.25) is 9.47 Å². The molecule has 2 N–H and O–H groups in total. The quantitative estimate of drug-likeness (QED) is 0.766. The predicted molar refractivity (Wildman–Crippen MR) is 62.0 cm³/mol. The lowest BCUT2D eigenvalue weighted by atomic mass is 10.2. The second-order valence-corrected chi connectivity index (χ2v) is 3.93. The van der Waals surface area contributed by atoms with Gasteiger partial charge in [0.15, 0.2) is 5.58 Å². The molecule has 0 saturated heterocycles. The molecule has 1 heterocycles. The molecule has 0 atom stereocenters. The highest BCUT2D eigenvalue weighted by molar-refractivity contribution is 5.73. The third-order valence-electron chi connectivity index (χ3n) is 2.62. The van der Waals surface area contributed by atoms with Crippen molar-refractivity contribution in [3.8, 4) is 0 Å². The number of oxazole rings is 1. The fraction of sp³-hybridized carbons (Fsp3) is 0.364. The van der Waals surface area contributed by atoms with Crippen LogP contribution in [0, 0.1) is 0 Å². The lowest BCUT2D eigenvalue weighted by Crippen LogP contribution is -2.24. The summed E-state index contributed by atoms with van der Waals surface area (Å²) >= 11 is 0. The SMILES string of the molecule is CN(CN)Cc1ccc2c(c1)oc(=O)n2C. The van der Waals surface area contributed by atoms with Crippen LogP contribution < -0.4 is 11.5 Å². The van der Waals surface area contributed by atoms with E-state index in [9.17, 15) is 4.79 Å². The van der Waals surface area contributed by atoms with Gasteiger partial charge in [0.25, 0.3) is 0 Å². The molecule has 86 valence electrons. The van der Waals surface area contributed by atoms with Crippen LogP contribution in [-0.2, 0) is 13.6 Å². The van der Waals surface area contributed by atoms with Gasteiger partial charge in [0, 0.05) is 20.3 Å². The second kappa shape index (κ2) is 4.11. The summed E-state index contributed by atoms with van der Waals surface area (Å²) in [5.74, 6) is -0.334. The Morgan fingerprint density at radius 3 is 2.94 bits per heavy atom. The molecule has 0 unspecified atom stereocenters. The normalized spacial score (nSPS) is 11.5. The average molecular weight is 221 g/mol. The summed E-state index contributed by atoms with van der Waals surface area (Å²) in [4.78, 5) is 13.3. The Kier molecular flexibility index (Phi) is 2.80. The van der Waals surface area contributed by atoms with Crippen LogP contribution in [0.1, 0.15) is 5.56 Å². The Morgan fingerprint density at radius 2 is 2.25 bits per heavy atom. The molecule has 0 radical (unpaired) electrons. The molecule has 5 heteroatoms. The average Bonchev–Trinajstić information content (AvgIpc) is 2.54. The van der Waals surface area contributed by atoms with Gasteiger partial charge in [-0.25, -0.2) is 4.79 Å². The van der Waals surface area contributed by atoms with Gasteiger partial charge >= 0.3 is 5.76 Å². The summed E-state index contributed by atoms with van der Waals surface area (Å²) in [6.45, 7) is 1.24. The van der Waals surface area contributed by atoms with Crippen LogP contribution in [0.3, 0.4) is 0 Å². The van der Waals surface area contributed by atoms with E-state index in [1.54, 1.807) is 7.05 Å². The molecule has 0 amide bonds. The van der Waals surface area contributed by atoms with Crippen molar-refractivity contribution in [3.63, 3.8) is 0 Å². The molecule has 1 aromatic heterocycles. The predicted octanol–water partition coefficient (Wildman–Crippen LogP) is 0.479. The van der Waals surface area contributed by atoms with E-state index >= 15 is 0 Å². The van der Waals surface area contributed by atoms with E-state index in [-0.39, 0.29) is 5.76 Å². The number of rotatable bonds is 3. The summed E-state index contributed by atoms with van der Waals surface area (Å²) in [7, 11) is 3.63. The number of benzene rings is 1. The third-order valence-corrected chi connectivity index (χ3v) is 2.62. The summed E-state index contributed by atoms with van der Waals surface area (Å²) < 4.78 is 6.60. The van der Waals surface area contributed by atoms with Crippen molar-refractivity contribution in [2.45, 2.75) is 6.54 Å². The van der Waals surface area contributed by atoms with Crippen LogP contribution in [0.5, 0.6) is 0 Å².